The maximum absolute atomic E-state index is 13.2. The van der Waals surface area contributed by atoms with Crippen molar-refractivity contribution < 1.29 is 23.1 Å². The number of carbonyl (C=O) groups excluding carboxylic acids is 1. The standard InChI is InChI=1S/C13H20F3N3O2/c1-4-9(5-2)18-10(20)8-12(21,13(14,15)16)11-17-6-7-19(11)3/h6-7,9,21H,4-5,8H2,1-3H3,(H,18,20). The highest BCUT2D eigenvalue weighted by atomic mass is 19.4. The Labute approximate surface area is 121 Å². The van der Waals surface area contributed by atoms with Crippen molar-refractivity contribution in [1.82, 2.24) is 14.9 Å². The minimum Gasteiger partial charge on any atom is -0.374 e. The molecule has 1 atom stereocenters. The van der Waals surface area contributed by atoms with Crippen LogP contribution in [0.25, 0.3) is 0 Å². The van der Waals surface area contributed by atoms with Gasteiger partial charge in [-0.1, -0.05) is 13.8 Å². The van der Waals surface area contributed by atoms with E-state index in [1.165, 1.54) is 13.2 Å². The lowest BCUT2D eigenvalue weighted by Gasteiger charge is -2.30. The zero-order chi connectivity index (χ0) is 16.3. The third-order valence-electron chi connectivity index (χ3n) is 3.43. The highest BCUT2D eigenvalue weighted by molar-refractivity contribution is 5.77. The van der Waals surface area contributed by atoms with Gasteiger partial charge in [-0.05, 0) is 12.8 Å². The van der Waals surface area contributed by atoms with Crippen LogP contribution in [-0.2, 0) is 17.4 Å². The summed E-state index contributed by atoms with van der Waals surface area (Å²) in [5.74, 6) is -1.46. The first-order valence-corrected chi connectivity index (χ1v) is 6.72. The fourth-order valence-corrected chi connectivity index (χ4v) is 2.07. The molecule has 0 fully saturated rings. The number of aromatic nitrogens is 2. The predicted octanol–water partition coefficient (Wildman–Crippen LogP) is 1.86. The molecule has 0 saturated heterocycles. The van der Waals surface area contributed by atoms with Crippen LogP contribution < -0.4 is 5.32 Å². The van der Waals surface area contributed by atoms with Crippen molar-refractivity contribution in [2.24, 2.45) is 7.05 Å². The molecule has 1 aromatic rings. The van der Waals surface area contributed by atoms with Gasteiger partial charge in [0.1, 0.15) is 0 Å². The Morgan fingerprint density at radius 2 is 2.00 bits per heavy atom. The van der Waals surface area contributed by atoms with Gasteiger partial charge in [0, 0.05) is 25.5 Å². The van der Waals surface area contributed by atoms with Crippen molar-refractivity contribution in [3.05, 3.63) is 18.2 Å². The molecule has 5 nitrogen and oxygen atoms in total. The number of amides is 1. The van der Waals surface area contributed by atoms with Gasteiger partial charge in [0.15, 0.2) is 5.82 Å². The summed E-state index contributed by atoms with van der Waals surface area (Å²) in [6.45, 7) is 3.65. The van der Waals surface area contributed by atoms with Crippen LogP contribution in [0.4, 0.5) is 13.2 Å². The van der Waals surface area contributed by atoms with Crippen LogP contribution in [0.2, 0.25) is 0 Å². The molecule has 0 aromatic carbocycles. The van der Waals surface area contributed by atoms with Crippen molar-refractivity contribution in [3.63, 3.8) is 0 Å². The van der Waals surface area contributed by atoms with Gasteiger partial charge >= 0.3 is 6.18 Å². The number of imidazole rings is 1. The average Bonchev–Trinajstić information content (AvgIpc) is 2.81. The molecule has 1 unspecified atom stereocenters. The molecule has 0 radical (unpaired) electrons. The number of nitrogens with zero attached hydrogens (tertiary/aromatic N) is 2. The molecule has 120 valence electrons. The van der Waals surface area contributed by atoms with E-state index in [9.17, 15) is 23.1 Å². The summed E-state index contributed by atoms with van der Waals surface area (Å²) in [6.07, 6.45) is -2.48. The van der Waals surface area contributed by atoms with Crippen molar-refractivity contribution >= 4 is 5.91 Å². The number of carbonyl (C=O) groups is 1. The van der Waals surface area contributed by atoms with E-state index in [4.69, 9.17) is 0 Å². The second kappa shape index (κ2) is 6.46. The van der Waals surface area contributed by atoms with Crippen LogP contribution in [0, 0.1) is 0 Å². The Morgan fingerprint density at radius 1 is 1.43 bits per heavy atom. The van der Waals surface area contributed by atoms with E-state index in [2.05, 4.69) is 10.3 Å². The molecule has 1 rings (SSSR count). The van der Waals surface area contributed by atoms with Gasteiger partial charge in [-0.25, -0.2) is 4.98 Å². The summed E-state index contributed by atoms with van der Waals surface area (Å²) in [5, 5.41) is 12.5. The molecule has 8 heteroatoms. The minimum absolute atomic E-state index is 0.212. The van der Waals surface area contributed by atoms with Crippen LogP contribution in [0.3, 0.4) is 0 Å². The normalized spacial score (nSPS) is 15.0. The van der Waals surface area contributed by atoms with Gasteiger partial charge < -0.3 is 15.0 Å². The summed E-state index contributed by atoms with van der Waals surface area (Å²) in [6, 6.07) is -0.212. The number of rotatable bonds is 6. The molecule has 0 bridgehead atoms. The SMILES string of the molecule is CCC(CC)NC(=O)CC(O)(c1nccn1C)C(F)(F)F. The molecular weight excluding hydrogens is 287 g/mol. The largest absolute Gasteiger partial charge is 0.425 e. The summed E-state index contributed by atoms with van der Waals surface area (Å²) in [4.78, 5) is 15.4. The van der Waals surface area contributed by atoms with Crippen LogP contribution in [0.1, 0.15) is 38.9 Å². The zero-order valence-electron chi connectivity index (χ0n) is 12.2. The molecule has 0 spiro atoms. The second-order valence-electron chi connectivity index (χ2n) is 4.98. The van der Waals surface area contributed by atoms with Crippen molar-refractivity contribution in [2.75, 3.05) is 0 Å². The van der Waals surface area contributed by atoms with E-state index in [0.717, 1.165) is 10.8 Å². The fraction of sp³-hybridized carbons (Fsp3) is 0.692. The number of hydrogen-bond donors (Lipinski definition) is 2. The average molecular weight is 307 g/mol. The van der Waals surface area contributed by atoms with Crippen molar-refractivity contribution in [3.8, 4) is 0 Å². The minimum atomic E-state index is -5.00. The summed E-state index contributed by atoms with van der Waals surface area (Å²) < 4.78 is 40.7. The van der Waals surface area contributed by atoms with Gasteiger partial charge in [-0.2, -0.15) is 13.2 Å². The topological polar surface area (TPSA) is 67.2 Å². The number of aryl methyl sites for hydroxylation is 1. The van der Waals surface area contributed by atoms with Crippen molar-refractivity contribution in [1.29, 1.82) is 0 Å². The van der Waals surface area contributed by atoms with Gasteiger partial charge in [-0.3, -0.25) is 4.79 Å². The number of nitrogens with one attached hydrogen (secondary N) is 1. The lowest BCUT2D eigenvalue weighted by atomic mass is 9.96. The summed E-state index contributed by atoms with van der Waals surface area (Å²) in [7, 11) is 1.33. The van der Waals surface area contributed by atoms with E-state index in [1.807, 2.05) is 13.8 Å². The third-order valence-corrected chi connectivity index (χ3v) is 3.43. The van der Waals surface area contributed by atoms with Crippen LogP contribution in [0.15, 0.2) is 12.4 Å². The van der Waals surface area contributed by atoms with Gasteiger partial charge in [0.05, 0.1) is 6.42 Å². The highest BCUT2D eigenvalue weighted by Crippen LogP contribution is 2.40. The quantitative estimate of drug-likeness (QED) is 0.843. The van der Waals surface area contributed by atoms with Crippen LogP contribution in [-0.4, -0.2) is 32.8 Å². The van der Waals surface area contributed by atoms with Crippen LogP contribution >= 0.6 is 0 Å². The van der Waals surface area contributed by atoms with Crippen molar-refractivity contribution in [2.45, 2.75) is 50.9 Å². The zero-order valence-corrected chi connectivity index (χ0v) is 12.2. The van der Waals surface area contributed by atoms with E-state index in [-0.39, 0.29) is 6.04 Å². The maximum atomic E-state index is 13.2. The molecule has 0 aliphatic rings. The Morgan fingerprint density at radius 3 is 2.38 bits per heavy atom. The third kappa shape index (κ3) is 3.75. The predicted molar refractivity (Wildman–Crippen MR) is 70.3 cm³/mol. The summed E-state index contributed by atoms with van der Waals surface area (Å²) >= 11 is 0. The number of aliphatic hydroxyl groups is 1. The summed E-state index contributed by atoms with van der Waals surface area (Å²) in [5.41, 5.74) is -3.30. The van der Waals surface area contributed by atoms with Gasteiger partial charge in [0.25, 0.3) is 0 Å². The molecule has 0 aliphatic heterocycles. The molecule has 1 heterocycles. The van der Waals surface area contributed by atoms with Gasteiger partial charge in [-0.15, -0.1) is 0 Å². The molecule has 0 saturated carbocycles. The van der Waals surface area contributed by atoms with Gasteiger partial charge in [0.2, 0.25) is 11.5 Å². The number of hydrogen-bond acceptors (Lipinski definition) is 3. The lowest BCUT2D eigenvalue weighted by Crippen LogP contribution is -2.49. The Bertz CT molecular complexity index is 483. The molecular formula is C13H20F3N3O2. The monoisotopic (exact) mass is 307 g/mol. The van der Waals surface area contributed by atoms with Crippen LogP contribution in [0.5, 0.6) is 0 Å². The lowest BCUT2D eigenvalue weighted by molar-refractivity contribution is -0.271. The van der Waals surface area contributed by atoms with E-state index in [1.54, 1.807) is 0 Å². The molecule has 1 aromatic heterocycles. The molecule has 21 heavy (non-hydrogen) atoms. The molecule has 2 N–H and O–H groups in total. The first-order valence-electron chi connectivity index (χ1n) is 6.72. The number of halogens is 3. The maximum Gasteiger partial charge on any atom is 0.425 e. The molecule has 0 aliphatic carbocycles. The first-order chi connectivity index (χ1) is 9.65. The Kier molecular flexibility index (Phi) is 5.38. The number of alkyl halides is 3. The first kappa shape index (κ1) is 17.5. The molecule has 1 amide bonds. The highest BCUT2D eigenvalue weighted by Gasteiger charge is 2.58. The second-order valence-corrected chi connectivity index (χ2v) is 4.98. The van der Waals surface area contributed by atoms with E-state index in [0.29, 0.717) is 12.8 Å². The Hall–Kier alpha value is -1.57. The van der Waals surface area contributed by atoms with E-state index < -0.39 is 29.9 Å². The Balaban J connectivity index is 3.01. The smallest absolute Gasteiger partial charge is 0.374 e. The fourth-order valence-electron chi connectivity index (χ4n) is 2.07. The van der Waals surface area contributed by atoms with E-state index >= 15 is 0 Å².